The first-order valence-corrected chi connectivity index (χ1v) is 7.93. The fourth-order valence-corrected chi connectivity index (χ4v) is 3.26. The molecular formula is C16H13Cl2N3O. The highest BCUT2D eigenvalue weighted by Crippen LogP contribution is 2.37. The van der Waals surface area contributed by atoms with Crippen LogP contribution < -0.4 is 4.90 Å². The Labute approximate surface area is 137 Å². The summed E-state index contributed by atoms with van der Waals surface area (Å²) in [6.07, 6.45) is 5.70. The van der Waals surface area contributed by atoms with Crippen LogP contribution in [0, 0.1) is 0 Å². The molecule has 1 aromatic carbocycles. The third kappa shape index (κ3) is 2.23. The van der Waals surface area contributed by atoms with Crippen molar-refractivity contribution in [3.8, 4) is 11.1 Å². The van der Waals surface area contributed by atoms with Crippen LogP contribution in [-0.4, -0.2) is 23.2 Å². The molecule has 1 aliphatic rings. The highest BCUT2D eigenvalue weighted by Gasteiger charge is 2.19. The maximum Gasteiger partial charge on any atom is 0.131 e. The molecule has 0 aliphatic carbocycles. The zero-order valence-electron chi connectivity index (χ0n) is 11.7. The largest absolute Gasteiger partial charge is 0.364 e. The first-order chi connectivity index (χ1) is 10.7. The van der Waals surface area contributed by atoms with Gasteiger partial charge < -0.3 is 9.42 Å². The van der Waals surface area contributed by atoms with E-state index in [0.717, 1.165) is 40.9 Å². The average Bonchev–Trinajstić information content (AvgIpc) is 3.23. The summed E-state index contributed by atoms with van der Waals surface area (Å²) >= 11 is 12.5. The van der Waals surface area contributed by atoms with Gasteiger partial charge in [-0.3, -0.25) is 0 Å². The van der Waals surface area contributed by atoms with Crippen molar-refractivity contribution in [1.29, 1.82) is 0 Å². The van der Waals surface area contributed by atoms with Gasteiger partial charge in [0.15, 0.2) is 0 Å². The molecule has 0 N–H and O–H groups in total. The second kappa shape index (κ2) is 5.45. The minimum atomic E-state index is 0.484. The zero-order chi connectivity index (χ0) is 15.1. The summed E-state index contributed by atoms with van der Waals surface area (Å²) in [7, 11) is 0. The van der Waals surface area contributed by atoms with E-state index in [9.17, 15) is 0 Å². The SMILES string of the molecule is Clc1ccc2c(-c3cnoc3)cc(N3CCCC3)nc2c1Cl. The Morgan fingerprint density at radius 2 is 1.95 bits per heavy atom. The molecular weight excluding hydrogens is 321 g/mol. The minimum Gasteiger partial charge on any atom is -0.364 e. The molecule has 1 saturated heterocycles. The normalized spacial score (nSPS) is 14.9. The van der Waals surface area contributed by atoms with Crippen molar-refractivity contribution < 1.29 is 4.52 Å². The van der Waals surface area contributed by atoms with Crippen LogP contribution in [0.1, 0.15) is 12.8 Å². The van der Waals surface area contributed by atoms with Gasteiger partial charge in [0, 0.05) is 24.0 Å². The first-order valence-electron chi connectivity index (χ1n) is 7.17. The molecule has 0 spiro atoms. The lowest BCUT2D eigenvalue weighted by Crippen LogP contribution is -2.19. The number of rotatable bonds is 2. The molecule has 0 saturated carbocycles. The number of nitrogens with zero attached hydrogens (tertiary/aromatic N) is 3. The Bertz CT molecular complexity index is 827. The van der Waals surface area contributed by atoms with E-state index < -0.39 is 0 Å². The molecule has 112 valence electrons. The molecule has 0 atom stereocenters. The third-order valence-electron chi connectivity index (χ3n) is 4.03. The van der Waals surface area contributed by atoms with Gasteiger partial charge in [0.25, 0.3) is 0 Å². The molecule has 6 heteroatoms. The van der Waals surface area contributed by atoms with Crippen LogP contribution in [0.3, 0.4) is 0 Å². The Hall–Kier alpha value is -1.78. The number of anilines is 1. The molecule has 0 amide bonds. The van der Waals surface area contributed by atoms with Gasteiger partial charge in [-0.2, -0.15) is 0 Å². The Kier molecular flexibility index (Phi) is 3.43. The average molecular weight is 334 g/mol. The van der Waals surface area contributed by atoms with Gasteiger partial charge in [-0.25, -0.2) is 4.98 Å². The van der Waals surface area contributed by atoms with Crippen molar-refractivity contribution >= 4 is 39.9 Å². The van der Waals surface area contributed by atoms with Crippen LogP contribution in [0.15, 0.2) is 35.2 Å². The lowest BCUT2D eigenvalue weighted by molar-refractivity contribution is 0.420. The lowest BCUT2D eigenvalue weighted by atomic mass is 10.0. The summed E-state index contributed by atoms with van der Waals surface area (Å²) in [5.41, 5.74) is 2.63. The summed E-state index contributed by atoms with van der Waals surface area (Å²) in [6.45, 7) is 2.03. The number of pyridine rings is 1. The van der Waals surface area contributed by atoms with Crippen molar-refractivity contribution in [2.24, 2.45) is 0 Å². The van der Waals surface area contributed by atoms with Crippen LogP contribution in [0.4, 0.5) is 5.82 Å². The number of fused-ring (bicyclic) bond motifs is 1. The zero-order valence-corrected chi connectivity index (χ0v) is 13.2. The van der Waals surface area contributed by atoms with Gasteiger partial charge in [-0.15, -0.1) is 0 Å². The summed E-state index contributed by atoms with van der Waals surface area (Å²) in [6, 6.07) is 5.80. The summed E-state index contributed by atoms with van der Waals surface area (Å²) in [5, 5.41) is 5.74. The monoisotopic (exact) mass is 333 g/mol. The topological polar surface area (TPSA) is 42.2 Å². The molecule has 22 heavy (non-hydrogen) atoms. The van der Waals surface area contributed by atoms with Gasteiger partial charge >= 0.3 is 0 Å². The highest BCUT2D eigenvalue weighted by atomic mass is 35.5. The molecule has 3 aromatic rings. The molecule has 4 nitrogen and oxygen atoms in total. The fraction of sp³-hybridized carbons (Fsp3) is 0.250. The van der Waals surface area contributed by atoms with E-state index in [2.05, 4.69) is 16.1 Å². The summed E-state index contributed by atoms with van der Waals surface area (Å²) < 4.78 is 4.99. The summed E-state index contributed by atoms with van der Waals surface area (Å²) in [4.78, 5) is 7.02. The first kappa shape index (κ1) is 13.9. The quantitative estimate of drug-likeness (QED) is 0.675. The van der Waals surface area contributed by atoms with Crippen LogP contribution >= 0.6 is 23.2 Å². The van der Waals surface area contributed by atoms with E-state index in [4.69, 9.17) is 32.7 Å². The molecule has 4 rings (SSSR count). The molecule has 0 radical (unpaired) electrons. The maximum atomic E-state index is 6.39. The molecule has 2 aromatic heterocycles. The predicted molar refractivity (Wildman–Crippen MR) is 88.7 cm³/mol. The van der Waals surface area contributed by atoms with Crippen molar-refractivity contribution in [1.82, 2.24) is 10.1 Å². The number of halogens is 2. The van der Waals surface area contributed by atoms with Crippen LogP contribution in [-0.2, 0) is 0 Å². The van der Waals surface area contributed by atoms with Crippen LogP contribution in [0.5, 0.6) is 0 Å². The Morgan fingerprint density at radius 1 is 1.14 bits per heavy atom. The standard InChI is InChI=1S/C16H13Cl2N3O/c17-13-4-3-11-12(10-8-19-22-9-10)7-14(20-16(11)15(13)18)21-5-1-2-6-21/h3-4,7-9H,1-2,5-6H2. The molecule has 0 bridgehead atoms. The highest BCUT2D eigenvalue weighted by molar-refractivity contribution is 6.45. The minimum absolute atomic E-state index is 0.484. The van der Waals surface area contributed by atoms with Crippen LogP contribution in [0.2, 0.25) is 10.0 Å². The van der Waals surface area contributed by atoms with E-state index in [1.165, 1.54) is 12.8 Å². The van der Waals surface area contributed by atoms with Crippen LogP contribution in [0.25, 0.3) is 22.0 Å². The van der Waals surface area contributed by atoms with Gasteiger partial charge in [0.2, 0.25) is 0 Å². The second-order valence-electron chi connectivity index (χ2n) is 5.39. The van der Waals surface area contributed by atoms with Crippen molar-refractivity contribution in [3.05, 3.63) is 40.7 Å². The lowest BCUT2D eigenvalue weighted by Gasteiger charge is -2.19. The number of benzene rings is 1. The van der Waals surface area contributed by atoms with E-state index in [1.54, 1.807) is 18.5 Å². The van der Waals surface area contributed by atoms with E-state index in [1.807, 2.05) is 6.07 Å². The van der Waals surface area contributed by atoms with Gasteiger partial charge in [-0.1, -0.05) is 34.4 Å². The second-order valence-corrected chi connectivity index (χ2v) is 6.18. The van der Waals surface area contributed by atoms with Crippen molar-refractivity contribution in [2.45, 2.75) is 12.8 Å². The van der Waals surface area contributed by atoms with Gasteiger partial charge in [0.05, 0.1) is 21.8 Å². The number of hydrogen-bond donors (Lipinski definition) is 0. The predicted octanol–water partition coefficient (Wildman–Crippen LogP) is 4.80. The molecule has 1 fully saturated rings. The van der Waals surface area contributed by atoms with E-state index >= 15 is 0 Å². The third-order valence-corrected chi connectivity index (χ3v) is 4.83. The molecule has 1 aliphatic heterocycles. The Morgan fingerprint density at radius 3 is 2.68 bits per heavy atom. The van der Waals surface area contributed by atoms with E-state index in [-0.39, 0.29) is 0 Å². The molecule has 0 unspecified atom stereocenters. The Balaban J connectivity index is 2.01. The number of aromatic nitrogens is 2. The van der Waals surface area contributed by atoms with Gasteiger partial charge in [-0.05, 0) is 30.5 Å². The smallest absolute Gasteiger partial charge is 0.131 e. The van der Waals surface area contributed by atoms with Crippen molar-refractivity contribution in [3.63, 3.8) is 0 Å². The molecule has 3 heterocycles. The number of hydrogen-bond acceptors (Lipinski definition) is 4. The van der Waals surface area contributed by atoms with Gasteiger partial charge in [0.1, 0.15) is 12.1 Å². The fourth-order valence-electron chi connectivity index (χ4n) is 2.91. The van der Waals surface area contributed by atoms with Crippen molar-refractivity contribution in [2.75, 3.05) is 18.0 Å². The summed E-state index contributed by atoms with van der Waals surface area (Å²) in [5.74, 6) is 0.922. The van der Waals surface area contributed by atoms with E-state index in [0.29, 0.717) is 10.0 Å². The maximum absolute atomic E-state index is 6.39.